The van der Waals surface area contributed by atoms with E-state index in [0.717, 1.165) is 5.69 Å². The highest BCUT2D eigenvalue weighted by molar-refractivity contribution is 5.94. The van der Waals surface area contributed by atoms with Crippen molar-refractivity contribution in [3.05, 3.63) is 41.5 Å². The molecule has 2 N–H and O–H groups in total. The monoisotopic (exact) mass is 244 g/mol. The second-order valence-corrected chi connectivity index (χ2v) is 4.13. The summed E-state index contributed by atoms with van der Waals surface area (Å²) in [7, 11) is 0. The van der Waals surface area contributed by atoms with Crippen LogP contribution in [-0.2, 0) is 13.0 Å². The highest BCUT2D eigenvalue weighted by Gasteiger charge is 2.25. The number of aromatic nitrogens is 2. The number of fused-ring (bicyclic) bond motifs is 1. The van der Waals surface area contributed by atoms with Gasteiger partial charge in [0.1, 0.15) is 5.76 Å². The number of pyridine rings is 1. The van der Waals surface area contributed by atoms with E-state index in [4.69, 9.17) is 10.2 Å². The van der Waals surface area contributed by atoms with Gasteiger partial charge in [-0.1, -0.05) is 0 Å². The van der Waals surface area contributed by atoms with Gasteiger partial charge in [0.15, 0.2) is 0 Å². The molecule has 0 atom stereocenters. The van der Waals surface area contributed by atoms with E-state index in [1.165, 1.54) is 0 Å². The van der Waals surface area contributed by atoms with E-state index in [9.17, 15) is 4.79 Å². The molecule has 1 aliphatic rings. The number of hydrogen-bond acceptors (Lipinski definition) is 5. The molecule has 2 aromatic rings. The number of anilines is 1. The lowest BCUT2D eigenvalue weighted by atomic mass is 10.1. The van der Waals surface area contributed by atoms with Gasteiger partial charge in [-0.25, -0.2) is 0 Å². The molecular weight excluding hydrogens is 232 g/mol. The molecular formula is C12H12N4O2. The molecule has 3 rings (SSSR count). The maximum absolute atomic E-state index is 12.2. The molecule has 0 radical (unpaired) electrons. The lowest BCUT2D eigenvalue weighted by molar-refractivity contribution is 0.0720. The first-order valence-corrected chi connectivity index (χ1v) is 5.67. The summed E-state index contributed by atoms with van der Waals surface area (Å²) in [6.45, 7) is 1.04. The van der Waals surface area contributed by atoms with Crippen LogP contribution in [0.3, 0.4) is 0 Å². The molecule has 2 aromatic heterocycles. The van der Waals surface area contributed by atoms with Crippen LogP contribution >= 0.6 is 0 Å². The number of carbonyl (C=O) groups is 1. The molecule has 0 unspecified atom stereocenters. The molecule has 0 spiro atoms. The van der Waals surface area contributed by atoms with Gasteiger partial charge in [-0.15, -0.1) is 0 Å². The Kier molecular flexibility index (Phi) is 2.47. The second kappa shape index (κ2) is 4.14. The Morgan fingerprint density at radius 2 is 2.17 bits per heavy atom. The standard InChI is InChI=1S/C12H12N4O2/c13-12-15-9-3-6-16(7-10(9)18-12)11(17)8-1-4-14-5-2-8/h1-2,4-5H,3,6-7H2,(H2,13,15). The molecule has 0 saturated heterocycles. The van der Waals surface area contributed by atoms with Gasteiger partial charge in [0.05, 0.1) is 12.2 Å². The van der Waals surface area contributed by atoms with E-state index in [-0.39, 0.29) is 11.9 Å². The predicted octanol–water partition coefficient (Wildman–Crippen LogP) is 0.850. The summed E-state index contributed by atoms with van der Waals surface area (Å²) in [6, 6.07) is 3.57. The Balaban J connectivity index is 1.82. The van der Waals surface area contributed by atoms with E-state index in [0.29, 0.717) is 30.8 Å². The highest BCUT2D eigenvalue weighted by atomic mass is 16.4. The zero-order chi connectivity index (χ0) is 12.5. The van der Waals surface area contributed by atoms with Crippen LogP contribution in [0.2, 0.25) is 0 Å². The SMILES string of the molecule is Nc1nc2c(o1)CN(C(=O)c1ccncc1)CC2. The molecule has 0 bridgehead atoms. The minimum Gasteiger partial charge on any atom is -0.427 e. The van der Waals surface area contributed by atoms with Crippen molar-refractivity contribution < 1.29 is 9.21 Å². The second-order valence-electron chi connectivity index (χ2n) is 4.13. The van der Waals surface area contributed by atoms with Crippen LogP contribution in [0.5, 0.6) is 0 Å². The van der Waals surface area contributed by atoms with Gasteiger partial charge < -0.3 is 15.1 Å². The molecule has 1 amide bonds. The van der Waals surface area contributed by atoms with E-state index < -0.39 is 0 Å². The number of nitrogens with zero attached hydrogens (tertiary/aromatic N) is 3. The van der Waals surface area contributed by atoms with E-state index in [1.54, 1.807) is 29.4 Å². The van der Waals surface area contributed by atoms with Crippen LogP contribution in [0.4, 0.5) is 6.01 Å². The zero-order valence-electron chi connectivity index (χ0n) is 9.67. The molecule has 92 valence electrons. The van der Waals surface area contributed by atoms with Gasteiger partial charge in [0.25, 0.3) is 11.9 Å². The molecule has 3 heterocycles. The van der Waals surface area contributed by atoms with Crippen molar-refractivity contribution in [1.82, 2.24) is 14.9 Å². The molecule has 18 heavy (non-hydrogen) atoms. The number of nitrogens with two attached hydrogens (primary N) is 1. The van der Waals surface area contributed by atoms with E-state index >= 15 is 0 Å². The normalized spacial score (nSPS) is 14.3. The van der Waals surface area contributed by atoms with Crippen molar-refractivity contribution in [3.63, 3.8) is 0 Å². The Morgan fingerprint density at radius 1 is 1.39 bits per heavy atom. The van der Waals surface area contributed by atoms with Crippen LogP contribution < -0.4 is 5.73 Å². The number of rotatable bonds is 1. The summed E-state index contributed by atoms with van der Waals surface area (Å²) in [6.07, 6.45) is 3.89. The number of hydrogen-bond donors (Lipinski definition) is 1. The van der Waals surface area contributed by atoms with Crippen LogP contribution in [0.25, 0.3) is 0 Å². The molecule has 1 aliphatic heterocycles. The minimum atomic E-state index is -0.0296. The fourth-order valence-electron chi connectivity index (χ4n) is 2.07. The van der Waals surface area contributed by atoms with Gasteiger partial charge in [-0.2, -0.15) is 4.98 Å². The average Bonchev–Trinajstić information content (AvgIpc) is 2.78. The summed E-state index contributed by atoms with van der Waals surface area (Å²) in [5, 5.41) is 0. The van der Waals surface area contributed by atoms with Crippen LogP contribution in [0.1, 0.15) is 21.8 Å². The Morgan fingerprint density at radius 3 is 2.94 bits per heavy atom. The summed E-state index contributed by atoms with van der Waals surface area (Å²) < 4.78 is 5.28. The first kappa shape index (κ1) is 10.8. The molecule has 6 nitrogen and oxygen atoms in total. The third kappa shape index (κ3) is 1.81. The lowest BCUT2D eigenvalue weighted by Gasteiger charge is -2.25. The van der Waals surface area contributed by atoms with Gasteiger partial charge in [0, 0.05) is 30.9 Å². The fourth-order valence-corrected chi connectivity index (χ4v) is 2.07. The van der Waals surface area contributed by atoms with Crippen molar-refractivity contribution >= 4 is 11.9 Å². The van der Waals surface area contributed by atoms with Gasteiger partial charge in [-0.05, 0) is 12.1 Å². The lowest BCUT2D eigenvalue weighted by Crippen LogP contribution is -2.35. The molecule has 0 saturated carbocycles. The Bertz CT molecular complexity index is 579. The van der Waals surface area contributed by atoms with Gasteiger partial charge in [-0.3, -0.25) is 9.78 Å². The van der Waals surface area contributed by atoms with Crippen LogP contribution in [0.15, 0.2) is 28.9 Å². The number of amides is 1. The third-order valence-electron chi connectivity index (χ3n) is 2.96. The number of nitrogen functional groups attached to an aromatic ring is 1. The van der Waals surface area contributed by atoms with Crippen molar-refractivity contribution in [2.75, 3.05) is 12.3 Å². The Hall–Kier alpha value is -2.37. The fraction of sp³-hybridized carbons (Fsp3) is 0.250. The first-order valence-electron chi connectivity index (χ1n) is 5.67. The van der Waals surface area contributed by atoms with Crippen LogP contribution in [0, 0.1) is 0 Å². The number of carbonyl (C=O) groups excluding carboxylic acids is 1. The maximum atomic E-state index is 12.2. The van der Waals surface area contributed by atoms with Crippen molar-refractivity contribution in [2.24, 2.45) is 0 Å². The van der Waals surface area contributed by atoms with Gasteiger partial charge in [0.2, 0.25) is 0 Å². The van der Waals surface area contributed by atoms with Crippen LogP contribution in [-0.4, -0.2) is 27.3 Å². The predicted molar refractivity (Wildman–Crippen MR) is 63.6 cm³/mol. The van der Waals surface area contributed by atoms with Crippen molar-refractivity contribution in [2.45, 2.75) is 13.0 Å². The summed E-state index contributed by atoms with van der Waals surface area (Å²) in [5.74, 6) is 0.652. The van der Waals surface area contributed by atoms with E-state index in [2.05, 4.69) is 9.97 Å². The molecule has 0 fully saturated rings. The maximum Gasteiger partial charge on any atom is 0.292 e. The molecule has 0 aromatic carbocycles. The van der Waals surface area contributed by atoms with Crippen molar-refractivity contribution in [3.8, 4) is 0 Å². The zero-order valence-corrected chi connectivity index (χ0v) is 9.67. The summed E-state index contributed by atoms with van der Waals surface area (Å²) >= 11 is 0. The summed E-state index contributed by atoms with van der Waals surface area (Å²) in [5.41, 5.74) is 6.98. The average molecular weight is 244 g/mol. The van der Waals surface area contributed by atoms with Crippen molar-refractivity contribution in [1.29, 1.82) is 0 Å². The topological polar surface area (TPSA) is 85.2 Å². The van der Waals surface area contributed by atoms with E-state index in [1.807, 2.05) is 0 Å². The first-order chi connectivity index (χ1) is 8.74. The summed E-state index contributed by atoms with van der Waals surface area (Å²) in [4.78, 5) is 21.9. The molecule has 6 heteroatoms. The highest BCUT2D eigenvalue weighted by Crippen LogP contribution is 2.21. The Labute approximate surface area is 103 Å². The number of oxazole rings is 1. The van der Waals surface area contributed by atoms with Gasteiger partial charge >= 0.3 is 0 Å². The largest absolute Gasteiger partial charge is 0.427 e. The quantitative estimate of drug-likeness (QED) is 0.803. The smallest absolute Gasteiger partial charge is 0.292 e. The molecule has 0 aliphatic carbocycles. The third-order valence-corrected chi connectivity index (χ3v) is 2.96. The minimum absolute atomic E-state index is 0.0296.